The van der Waals surface area contributed by atoms with Crippen LogP contribution in [0.15, 0.2) is 29.6 Å². The molecular weight excluding hydrogens is 373 g/mol. The van der Waals surface area contributed by atoms with Crippen molar-refractivity contribution in [2.75, 3.05) is 11.9 Å². The summed E-state index contributed by atoms with van der Waals surface area (Å²) in [5.74, 6) is -0.843. The van der Waals surface area contributed by atoms with E-state index in [1.807, 2.05) is 0 Å². The molecule has 0 bridgehead atoms. The van der Waals surface area contributed by atoms with Gasteiger partial charge in [0.05, 0.1) is 17.9 Å². The van der Waals surface area contributed by atoms with Crippen molar-refractivity contribution in [2.24, 2.45) is 0 Å². The predicted molar refractivity (Wildman–Crippen MR) is 87.7 cm³/mol. The standard InChI is InChI=1S/C16H15F3N2O4S/c1-10(22)20-15-21-13(8-26-15)7-25-14(23)12-4-2-11(3-5-12)6-24-9-16(17,18)19/h2-5,8H,6-7,9H2,1H3,(H,20,21,22). The first-order valence-electron chi connectivity index (χ1n) is 7.35. The predicted octanol–water partition coefficient (Wildman–Crippen LogP) is 3.54. The fourth-order valence-corrected chi connectivity index (χ4v) is 2.57. The number of anilines is 1. The summed E-state index contributed by atoms with van der Waals surface area (Å²) in [5.41, 5.74) is 1.25. The van der Waals surface area contributed by atoms with Crippen LogP contribution in [0.3, 0.4) is 0 Å². The minimum atomic E-state index is -4.38. The monoisotopic (exact) mass is 388 g/mol. The lowest BCUT2D eigenvalue weighted by Crippen LogP contribution is -2.16. The summed E-state index contributed by atoms with van der Waals surface area (Å²) in [5, 5.41) is 4.58. The van der Waals surface area contributed by atoms with Crippen LogP contribution in [0.5, 0.6) is 0 Å². The molecule has 0 aliphatic carbocycles. The Morgan fingerprint density at radius 1 is 1.19 bits per heavy atom. The molecule has 1 N–H and O–H groups in total. The molecule has 10 heteroatoms. The highest BCUT2D eigenvalue weighted by Crippen LogP contribution is 2.17. The number of thiazole rings is 1. The van der Waals surface area contributed by atoms with Crippen LogP contribution in [0.1, 0.15) is 28.5 Å². The highest BCUT2D eigenvalue weighted by molar-refractivity contribution is 7.13. The lowest BCUT2D eigenvalue weighted by Gasteiger charge is -2.08. The molecule has 0 aliphatic rings. The van der Waals surface area contributed by atoms with Gasteiger partial charge in [0, 0.05) is 12.3 Å². The molecule has 6 nitrogen and oxygen atoms in total. The van der Waals surface area contributed by atoms with Crippen molar-refractivity contribution in [1.82, 2.24) is 4.98 Å². The van der Waals surface area contributed by atoms with Gasteiger partial charge < -0.3 is 14.8 Å². The average molecular weight is 388 g/mol. The first-order valence-corrected chi connectivity index (χ1v) is 8.23. The van der Waals surface area contributed by atoms with E-state index in [9.17, 15) is 22.8 Å². The maximum absolute atomic E-state index is 12.0. The summed E-state index contributed by atoms with van der Waals surface area (Å²) in [6.07, 6.45) is -4.38. The molecule has 1 heterocycles. The molecular formula is C16H15F3N2O4S. The minimum Gasteiger partial charge on any atom is -0.456 e. The van der Waals surface area contributed by atoms with Crippen molar-refractivity contribution < 1.29 is 32.2 Å². The SMILES string of the molecule is CC(=O)Nc1nc(COC(=O)c2ccc(COCC(F)(F)F)cc2)cs1. The Morgan fingerprint density at radius 3 is 2.50 bits per heavy atom. The van der Waals surface area contributed by atoms with Gasteiger partial charge in [-0.1, -0.05) is 12.1 Å². The summed E-state index contributed by atoms with van der Waals surface area (Å²) < 4.78 is 45.7. The number of hydrogen-bond acceptors (Lipinski definition) is 6. The second-order valence-electron chi connectivity index (χ2n) is 5.21. The first kappa shape index (κ1) is 19.9. The van der Waals surface area contributed by atoms with Crippen LogP contribution in [0.4, 0.5) is 18.3 Å². The Hall–Kier alpha value is -2.46. The maximum atomic E-state index is 12.0. The molecule has 0 aliphatic heterocycles. The Labute approximate surface area is 150 Å². The molecule has 0 unspecified atom stereocenters. The van der Waals surface area contributed by atoms with Gasteiger partial charge in [-0.05, 0) is 17.7 Å². The highest BCUT2D eigenvalue weighted by Gasteiger charge is 2.27. The largest absolute Gasteiger partial charge is 0.456 e. The zero-order valence-corrected chi connectivity index (χ0v) is 14.4. The van der Waals surface area contributed by atoms with Crippen LogP contribution >= 0.6 is 11.3 Å². The number of benzene rings is 1. The van der Waals surface area contributed by atoms with Crippen molar-refractivity contribution in [3.8, 4) is 0 Å². The number of amides is 1. The Kier molecular flexibility index (Phi) is 6.70. The topological polar surface area (TPSA) is 77.5 Å². The van der Waals surface area contributed by atoms with E-state index >= 15 is 0 Å². The molecule has 140 valence electrons. The van der Waals surface area contributed by atoms with Crippen molar-refractivity contribution >= 4 is 28.3 Å². The first-order chi connectivity index (χ1) is 12.2. The number of rotatable bonds is 7. The average Bonchev–Trinajstić information content (AvgIpc) is 2.99. The van der Waals surface area contributed by atoms with Crippen molar-refractivity contribution in [3.05, 3.63) is 46.5 Å². The molecule has 2 rings (SSSR count). The van der Waals surface area contributed by atoms with E-state index in [0.717, 1.165) is 0 Å². The van der Waals surface area contributed by atoms with Gasteiger partial charge in [0.2, 0.25) is 5.91 Å². The van der Waals surface area contributed by atoms with Crippen LogP contribution in [-0.2, 0) is 27.5 Å². The summed E-state index contributed by atoms with van der Waals surface area (Å²) >= 11 is 1.21. The molecule has 1 amide bonds. The zero-order valence-electron chi connectivity index (χ0n) is 13.6. The van der Waals surface area contributed by atoms with E-state index in [1.54, 1.807) is 5.38 Å². The van der Waals surface area contributed by atoms with E-state index in [0.29, 0.717) is 16.4 Å². The van der Waals surface area contributed by atoms with Gasteiger partial charge in [-0.3, -0.25) is 4.79 Å². The smallest absolute Gasteiger partial charge is 0.411 e. The Balaban J connectivity index is 1.82. The van der Waals surface area contributed by atoms with Crippen LogP contribution < -0.4 is 5.32 Å². The van der Waals surface area contributed by atoms with Gasteiger partial charge >= 0.3 is 12.1 Å². The van der Waals surface area contributed by atoms with Gasteiger partial charge in [0.1, 0.15) is 13.2 Å². The zero-order chi connectivity index (χ0) is 19.2. The molecule has 0 radical (unpaired) electrons. The third-order valence-corrected chi connectivity index (χ3v) is 3.72. The number of aromatic nitrogens is 1. The Morgan fingerprint density at radius 2 is 1.88 bits per heavy atom. The summed E-state index contributed by atoms with van der Waals surface area (Å²) in [4.78, 5) is 27.0. The number of halogens is 3. The molecule has 0 atom stereocenters. The van der Waals surface area contributed by atoms with Crippen LogP contribution in [0, 0.1) is 0 Å². The molecule has 26 heavy (non-hydrogen) atoms. The number of alkyl halides is 3. The number of nitrogens with zero attached hydrogens (tertiary/aromatic N) is 1. The summed E-state index contributed by atoms with van der Waals surface area (Å²) in [6, 6.07) is 5.87. The van der Waals surface area contributed by atoms with Crippen LogP contribution in [-0.4, -0.2) is 29.6 Å². The van der Waals surface area contributed by atoms with Crippen LogP contribution in [0.25, 0.3) is 0 Å². The molecule has 1 aromatic carbocycles. The third kappa shape index (κ3) is 6.81. The van der Waals surface area contributed by atoms with Crippen molar-refractivity contribution in [3.63, 3.8) is 0 Å². The molecule has 1 aromatic heterocycles. The normalized spacial score (nSPS) is 11.2. The van der Waals surface area contributed by atoms with E-state index in [1.165, 1.54) is 42.5 Å². The van der Waals surface area contributed by atoms with Crippen molar-refractivity contribution in [2.45, 2.75) is 26.3 Å². The van der Waals surface area contributed by atoms with E-state index in [4.69, 9.17) is 4.74 Å². The van der Waals surface area contributed by atoms with Crippen LogP contribution in [0.2, 0.25) is 0 Å². The third-order valence-electron chi connectivity index (χ3n) is 2.91. The number of carbonyl (C=O) groups excluding carboxylic acids is 2. The minimum absolute atomic E-state index is 0.0641. The summed E-state index contributed by atoms with van der Waals surface area (Å²) in [7, 11) is 0. The van der Waals surface area contributed by atoms with Gasteiger partial charge in [0.25, 0.3) is 0 Å². The molecule has 0 saturated heterocycles. The fraction of sp³-hybridized carbons (Fsp3) is 0.312. The van der Waals surface area contributed by atoms with Gasteiger partial charge in [-0.2, -0.15) is 13.2 Å². The summed E-state index contributed by atoms with van der Waals surface area (Å²) in [6.45, 7) is -0.241. The molecule has 0 saturated carbocycles. The molecule has 0 fully saturated rings. The highest BCUT2D eigenvalue weighted by atomic mass is 32.1. The lowest BCUT2D eigenvalue weighted by molar-refractivity contribution is -0.176. The van der Waals surface area contributed by atoms with E-state index in [2.05, 4.69) is 15.0 Å². The second kappa shape index (κ2) is 8.77. The molecule has 0 spiro atoms. The number of hydrogen-bond donors (Lipinski definition) is 1. The fourth-order valence-electron chi connectivity index (χ4n) is 1.83. The van der Waals surface area contributed by atoms with E-state index < -0.39 is 18.8 Å². The quantitative estimate of drug-likeness (QED) is 0.734. The number of esters is 1. The number of nitrogens with one attached hydrogen (secondary N) is 1. The van der Waals surface area contributed by atoms with Gasteiger partial charge in [-0.15, -0.1) is 11.3 Å². The number of ether oxygens (including phenoxy) is 2. The maximum Gasteiger partial charge on any atom is 0.411 e. The van der Waals surface area contributed by atoms with E-state index in [-0.39, 0.29) is 24.7 Å². The molecule has 2 aromatic rings. The second-order valence-corrected chi connectivity index (χ2v) is 6.06. The van der Waals surface area contributed by atoms with Gasteiger partial charge in [-0.25, -0.2) is 9.78 Å². The Bertz CT molecular complexity index is 760. The number of carbonyl (C=O) groups is 2. The van der Waals surface area contributed by atoms with Gasteiger partial charge in [0.15, 0.2) is 5.13 Å². The lowest BCUT2D eigenvalue weighted by atomic mass is 10.1. The van der Waals surface area contributed by atoms with Crippen molar-refractivity contribution in [1.29, 1.82) is 0 Å².